The van der Waals surface area contributed by atoms with Gasteiger partial charge in [-0.1, -0.05) is 23.7 Å². The maximum absolute atomic E-state index is 12.3. The number of esters is 1. The predicted octanol–water partition coefficient (Wildman–Crippen LogP) is 4.55. The molecule has 28 heavy (non-hydrogen) atoms. The number of ether oxygens (including phenoxy) is 3. The monoisotopic (exact) mass is 405 g/mol. The minimum absolute atomic E-state index is 0.113. The van der Waals surface area contributed by atoms with Crippen LogP contribution in [0.2, 0.25) is 5.02 Å². The molecule has 0 fully saturated rings. The summed E-state index contributed by atoms with van der Waals surface area (Å²) in [6.07, 6.45) is -0.113. The summed E-state index contributed by atoms with van der Waals surface area (Å²) in [5, 5.41) is 2.96. The Balaban J connectivity index is 2.05. The van der Waals surface area contributed by atoms with E-state index in [2.05, 4.69) is 5.32 Å². The van der Waals surface area contributed by atoms with Crippen LogP contribution in [0.1, 0.15) is 35.3 Å². The van der Waals surface area contributed by atoms with Crippen molar-refractivity contribution in [3.63, 3.8) is 0 Å². The van der Waals surface area contributed by atoms with E-state index in [4.69, 9.17) is 25.8 Å². The van der Waals surface area contributed by atoms with Crippen LogP contribution in [-0.4, -0.2) is 31.7 Å². The maximum Gasteiger partial charge on any atom is 0.338 e. The smallest absolute Gasteiger partial charge is 0.338 e. The van der Waals surface area contributed by atoms with Gasteiger partial charge in [0.15, 0.2) is 18.1 Å². The molecule has 0 aliphatic rings. The largest absolute Gasteiger partial charge is 0.493 e. The van der Waals surface area contributed by atoms with Crippen LogP contribution in [0, 0.1) is 13.8 Å². The Hall–Kier alpha value is -2.73. The Kier molecular flexibility index (Phi) is 7.29. The zero-order valence-electron chi connectivity index (χ0n) is 16.6. The third-order valence-corrected chi connectivity index (χ3v) is 4.10. The highest BCUT2D eigenvalue weighted by molar-refractivity contribution is 6.32. The van der Waals surface area contributed by atoms with Gasteiger partial charge in [0.2, 0.25) is 0 Å². The van der Waals surface area contributed by atoms with Gasteiger partial charge in [-0.05, 0) is 57.0 Å². The van der Waals surface area contributed by atoms with Crippen LogP contribution >= 0.6 is 11.6 Å². The van der Waals surface area contributed by atoms with Crippen LogP contribution in [0.3, 0.4) is 0 Å². The van der Waals surface area contributed by atoms with Crippen molar-refractivity contribution in [1.29, 1.82) is 0 Å². The second kappa shape index (κ2) is 9.46. The number of methoxy groups -OCH3 is 1. The highest BCUT2D eigenvalue weighted by atomic mass is 35.5. The minimum atomic E-state index is -0.688. The molecule has 0 aliphatic heterocycles. The first-order valence-corrected chi connectivity index (χ1v) is 9.17. The summed E-state index contributed by atoms with van der Waals surface area (Å²) in [7, 11) is 1.45. The Bertz CT molecular complexity index is 879. The zero-order valence-corrected chi connectivity index (χ0v) is 17.3. The molecule has 0 spiro atoms. The first kappa shape index (κ1) is 21.6. The average molecular weight is 406 g/mol. The molecule has 0 bridgehead atoms. The zero-order chi connectivity index (χ0) is 20.8. The standard InChI is InChI=1S/C21H24ClNO5/c1-12(2)28-20-16(22)9-15(10-18(20)26-5)21(25)27-11-19(24)23-17-8-13(3)6-7-14(17)4/h6-10,12H,11H2,1-5H3,(H,23,24). The van der Waals surface area contributed by atoms with Gasteiger partial charge in [0.25, 0.3) is 5.91 Å². The summed E-state index contributed by atoms with van der Waals surface area (Å²) in [6, 6.07) is 8.61. The summed E-state index contributed by atoms with van der Waals surface area (Å²) >= 11 is 6.21. The Labute approximate surface area is 169 Å². The van der Waals surface area contributed by atoms with Crippen LogP contribution in [0.25, 0.3) is 0 Å². The molecule has 2 rings (SSSR count). The number of carbonyl (C=O) groups excluding carboxylic acids is 2. The second-order valence-electron chi connectivity index (χ2n) is 6.60. The number of rotatable bonds is 7. The molecule has 7 heteroatoms. The first-order valence-electron chi connectivity index (χ1n) is 8.79. The van der Waals surface area contributed by atoms with Gasteiger partial charge in [-0.2, -0.15) is 0 Å². The molecule has 2 aromatic carbocycles. The van der Waals surface area contributed by atoms with E-state index < -0.39 is 18.5 Å². The van der Waals surface area contributed by atoms with Crippen LogP contribution in [0.4, 0.5) is 5.69 Å². The molecular weight excluding hydrogens is 382 g/mol. The molecule has 0 saturated heterocycles. The Morgan fingerprint density at radius 1 is 1.14 bits per heavy atom. The van der Waals surface area contributed by atoms with E-state index in [0.717, 1.165) is 11.1 Å². The maximum atomic E-state index is 12.3. The van der Waals surface area contributed by atoms with E-state index in [-0.39, 0.29) is 16.7 Å². The lowest BCUT2D eigenvalue weighted by molar-refractivity contribution is -0.119. The molecule has 1 amide bonds. The predicted molar refractivity (Wildman–Crippen MR) is 109 cm³/mol. The molecule has 2 aromatic rings. The molecule has 1 N–H and O–H groups in total. The van der Waals surface area contributed by atoms with E-state index in [1.54, 1.807) is 0 Å². The number of halogens is 1. The van der Waals surface area contributed by atoms with Gasteiger partial charge in [-0.3, -0.25) is 4.79 Å². The number of hydrogen-bond acceptors (Lipinski definition) is 5. The van der Waals surface area contributed by atoms with E-state index in [9.17, 15) is 9.59 Å². The highest BCUT2D eigenvalue weighted by Crippen LogP contribution is 2.37. The van der Waals surface area contributed by atoms with Crippen LogP contribution < -0.4 is 14.8 Å². The van der Waals surface area contributed by atoms with Gasteiger partial charge < -0.3 is 19.5 Å². The van der Waals surface area contributed by atoms with Crippen molar-refractivity contribution in [3.8, 4) is 11.5 Å². The number of nitrogens with one attached hydrogen (secondary N) is 1. The summed E-state index contributed by atoms with van der Waals surface area (Å²) in [6.45, 7) is 7.10. The lowest BCUT2D eigenvalue weighted by Crippen LogP contribution is -2.21. The molecule has 150 valence electrons. The number of aryl methyl sites for hydroxylation is 2. The van der Waals surface area contributed by atoms with Gasteiger partial charge in [-0.25, -0.2) is 4.79 Å². The Morgan fingerprint density at radius 3 is 2.50 bits per heavy atom. The highest BCUT2D eigenvalue weighted by Gasteiger charge is 2.18. The molecular formula is C21H24ClNO5. The van der Waals surface area contributed by atoms with Crippen molar-refractivity contribution >= 4 is 29.2 Å². The van der Waals surface area contributed by atoms with Gasteiger partial charge in [0, 0.05) is 5.69 Å². The van der Waals surface area contributed by atoms with Crippen molar-refractivity contribution in [2.24, 2.45) is 0 Å². The fourth-order valence-electron chi connectivity index (χ4n) is 2.46. The molecule has 0 unspecified atom stereocenters. The van der Waals surface area contributed by atoms with Crippen LogP contribution in [0.5, 0.6) is 11.5 Å². The fourth-order valence-corrected chi connectivity index (χ4v) is 2.71. The number of hydrogen-bond donors (Lipinski definition) is 1. The summed E-state index contributed by atoms with van der Waals surface area (Å²) in [4.78, 5) is 24.4. The van der Waals surface area contributed by atoms with Crippen molar-refractivity contribution in [3.05, 3.63) is 52.0 Å². The summed E-state index contributed by atoms with van der Waals surface area (Å²) in [5.41, 5.74) is 2.78. The lowest BCUT2D eigenvalue weighted by atomic mass is 10.1. The van der Waals surface area contributed by atoms with Crippen LogP contribution in [-0.2, 0) is 9.53 Å². The van der Waals surface area contributed by atoms with Crippen molar-refractivity contribution in [2.45, 2.75) is 33.8 Å². The molecule has 6 nitrogen and oxygen atoms in total. The third-order valence-electron chi connectivity index (χ3n) is 3.82. The number of anilines is 1. The number of amides is 1. The third kappa shape index (κ3) is 5.63. The van der Waals surface area contributed by atoms with Crippen molar-refractivity contribution < 1.29 is 23.8 Å². The lowest BCUT2D eigenvalue weighted by Gasteiger charge is -2.16. The topological polar surface area (TPSA) is 73.9 Å². The Morgan fingerprint density at radius 2 is 1.86 bits per heavy atom. The van der Waals surface area contributed by atoms with E-state index in [1.807, 2.05) is 45.9 Å². The van der Waals surface area contributed by atoms with Gasteiger partial charge >= 0.3 is 5.97 Å². The molecule has 0 radical (unpaired) electrons. The van der Waals surface area contributed by atoms with Crippen molar-refractivity contribution in [2.75, 3.05) is 19.0 Å². The molecule has 0 heterocycles. The van der Waals surface area contributed by atoms with Crippen LogP contribution in [0.15, 0.2) is 30.3 Å². The molecule has 0 atom stereocenters. The fraction of sp³-hybridized carbons (Fsp3) is 0.333. The van der Waals surface area contributed by atoms with Crippen molar-refractivity contribution in [1.82, 2.24) is 0 Å². The number of benzene rings is 2. The average Bonchev–Trinajstić information content (AvgIpc) is 2.63. The summed E-state index contributed by atoms with van der Waals surface area (Å²) in [5.74, 6) is -0.455. The van der Waals surface area contributed by atoms with Gasteiger partial charge in [0.05, 0.1) is 23.8 Å². The van der Waals surface area contributed by atoms with E-state index >= 15 is 0 Å². The SMILES string of the molecule is COc1cc(C(=O)OCC(=O)Nc2cc(C)ccc2C)cc(Cl)c1OC(C)C. The van der Waals surface area contributed by atoms with E-state index in [0.29, 0.717) is 17.2 Å². The first-order chi connectivity index (χ1) is 13.2. The molecule has 0 aliphatic carbocycles. The number of carbonyl (C=O) groups is 2. The normalized spacial score (nSPS) is 10.5. The quantitative estimate of drug-likeness (QED) is 0.684. The minimum Gasteiger partial charge on any atom is -0.493 e. The summed E-state index contributed by atoms with van der Waals surface area (Å²) < 4.78 is 16.0. The molecule has 0 saturated carbocycles. The van der Waals surface area contributed by atoms with Gasteiger partial charge in [0.1, 0.15) is 0 Å². The van der Waals surface area contributed by atoms with Gasteiger partial charge in [-0.15, -0.1) is 0 Å². The second-order valence-corrected chi connectivity index (χ2v) is 7.01. The molecule has 0 aromatic heterocycles. The van der Waals surface area contributed by atoms with E-state index in [1.165, 1.54) is 19.2 Å².